The zero-order valence-corrected chi connectivity index (χ0v) is 17.2. The Bertz CT molecular complexity index is 1120. The van der Waals surface area contributed by atoms with Gasteiger partial charge in [-0.25, -0.2) is 0 Å². The van der Waals surface area contributed by atoms with E-state index in [0.717, 1.165) is 6.20 Å². The SMILES string of the molecule is COc1ccc(NS(=O)(=O)c2[nH]ncc2C(=O)Nc2cc(OC)cc(OC)c2)cc1. The summed E-state index contributed by atoms with van der Waals surface area (Å²) in [6.07, 6.45) is 1.13. The number of carbonyl (C=O) groups is 1. The van der Waals surface area contributed by atoms with Gasteiger partial charge in [0.2, 0.25) is 0 Å². The lowest BCUT2D eigenvalue weighted by atomic mass is 10.2. The highest BCUT2D eigenvalue weighted by Crippen LogP contribution is 2.27. The summed E-state index contributed by atoms with van der Waals surface area (Å²) >= 11 is 0. The van der Waals surface area contributed by atoms with Crippen molar-refractivity contribution >= 4 is 27.3 Å². The number of hydrogen-bond acceptors (Lipinski definition) is 7. The standard InChI is InChI=1S/C19H20N4O6S/c1-27-14-6-4-12(5-7-14)23-30(25,26)19-17(11-20-22-19)18(24)21-13-8-15(28-2)10-16(9-13)29-3/h4-11,23H,1-3H3,(H,20,22)(H,21,24). The molecule has 10 nitrogen and oxygen atoms in total. The van der Waals surface area contributed by atoms with E-state index < -0.39 is 15.9 Å². The topological polar surface area (TPSA) is 132 Å². The number of methoxy groups -OCH3 is 3. The smallest absolute Gasteiger partial charge is 0.279 e. The van der Waals surface area contributed by atoms with Gasteiger partial charge in [0.15, 0.2) is 5.03 Å². The summed E-state index contributed by atoms with van der Waals surface area (Å²) in [5.74, 6) is 0.833. The molecular formula is C19H20N4O6S. The number of aromatic nitrogens is 2. The molecule has 0 aliphatic carbocycles. The fraction of sp³-hybridized carbons (Fsp3) is 0.158. The van der Waals surface area contributed by atoms with Crippen LogP contribution in [0.3, 0.4) is 0 Å². The first-order valence-corrected chi connectivity index (χ1v) is 10.1. The third kappa shape index (κ3) is 4.63. The Kier molecular flexibility index (Phi) is 6.11. The minimum Gasteiger partial charge on any atom is -0.497 e. The molecule has 3 N–H and O–H groups in total. The monoisotopic (exact) mass is 432 g/mol. The van der Waals surface area contributed by atoms with Crippen molar-refractivity contribution in [3.8, 4) is 17.2 Å². The molecule has 0 saturated carbocycles. The summed E-state index contributed by atoms with van der Waals surface area (Å²) in [7, 11) is 0.361. The van der Waals surface area contributed by atoms with Crippen LogP contribution in [0.25, 0.3) is 0 Å². The highest BCUT2D eigenvalue weighted by molar-refractivity contribution is 7.92. The molecule has 0 saturated heterocycles. The van der Waals surface area contributed by atoms with Crippen molar-refractivity contribution in [1.82, 2.24) is 10.2 Å². The second-order valence-electron chi connectivity index (χ2n) is 6.00. The van der Waals surface area contributed by atoms with Gasteiger partial charge in [-0.2, -0.15) is 13.5 Å². The van der Waals surface area contributed by atoms with Gasteiger partial charge < -0.3 is 19.5 Å². The Morgan fingerprint density at radius 3 is 2.07 bits per heavy atom. The molecule has 1 amide bonds. The molecular weight excluding hydrogens is 412 g/mol. The zero-order chi connectivity index (χ0) is 21.7. The Labute approximate surface area is 173 Å². The predicted molar refractivity (Wildman–Crippen MR) is 110 cm³/mol. The molecule has 2 aromatic carbocycles. The van der Waals surface area contributed by atoms with Crippen molar-refractivity contribution in [1.29, 1.82) is 0 Å². The van der Waals surface area contributed by atoms with E-state index in [0.29, 0.717) is 28.6 Å². The fourth-order valence-corrected chi connectivity index (χ4v) is 3.74. The number of nitrogens with one attached hydrogen (secondary N) is 3. The number of amides is 1. The van der Waals surface area contributed by atoms with Crippen LogP contribution in [0.1, 0.15) is 10.4 Å². The average Bonchev–Trinajstić information content (AvgIpc) is 3.25. The van der Waals surface area contributed by atoms with Crippen LogP contribution in [0.2, 0.25) is 0 Å². The summed E-state index contributed by atoms with van der Waals surface area (Å²) < 4.78 is 43.3. The number of aromatic amines is 1. The second kappa shape index (κ2) is 8.74. The molecule has 0 atom stereocenters. The summed E-state index contributed by atoms with van der Waals surface area (Å²) in [6.45, 7) is 0. The summed E-state index contributed by atoms with van der Waals surface area (Å²) in [6, 6.07) is 11.1. The third-order valence-electron chi connectivity index (χ3n) is 4.07. The largest absolute Gasteiger partial charge is 0.497 e. The molecule has 30 heavy (non-hydrogen) atoms. The van der Waals surface area contributed by atoms with E-state index in [1.807, 2.05) is 0 Å². The first-order chi connectivity index (χ1) is 14.4. The van der Waals surface area contributed by atoms with Crippen molar-refractivity contribution in [3.05, 3.63) is 54.2 Å². The van der Waals surface area contributed by atoms with E-state index in [1.165, 1.54) is 33.5 Å². The van der Waals surface area contributed by atoms with Crippen LogP contribution < -0.4 is 24.2 Å². The van der Waals surface area contributed by atoms with Gasteiger partial charge in [0.1, 0.15) is 17.2 Å². The summed E-state index contributed by atoms with van der Waals surface area (Å²) in [4.78, 5) is 12.7. The number of hydrogen-bond donors (Lipinski definition) is 3. The molecule has 158 valence electrons. The van der Waals surface area contributed by atoms with Crippen LogP contribution in [-0.2, 0) is 10.0 Å². The Morgan fingerprint density at radius 2 is 1.50 bits per heavy atom. The van der Waals surface area contributed by atoms with Gasteiger partial charge in [-0.1, -0.05) is 0 Å². The van der Waals surface area contributed by atoms with Crippen molar-refractivity contribution < 1.29 is 27.4 Å². The molecule has 0 aliphatic rings. The van der Waals surface area contributed by atoms with Gasteiger partial charge in [0.05, 0.1) is 33.1 Å². The lowest BCUT2D eigenvalue weighted by Crippen LogP contribution is -2.19. The quantitative estimate of drug-likeness (QED) is 0.498. The molecule has 0 aliphatic heterocycles. The van der Waals surface area contributed by atoms with E-state index in [9.17, 15) is 13.2 Å². The normalized spacial score (nSPS) is 10.9. The zero-order valence-electron chi connectivity index (χ0n) is 16.4. The molecule has 0 bridgehead atoms. The number of ether oxygens (including phenoxy) is 3. The maximum absolute atomic E-state index is 12.8. The average molecular weight is 432 g/mol. The van der Waals surface area contributed by atoms with Gasteiger partial charge in [0.25, 0.3) is 15.9 Å². The minimum absolute atomic E-state index is 0.155. The van der Waals surface area contributed by atoms with Crippen LogP contribution in [-0.4, -0.2) is 45.9 Å². The van der Waals surface area contributed by atoms with E-state index in [4.69, 9.17) is 14.2 Å². The van der Waals surface area contributed by atoms with Crippen molar-refractivity contribution in [2.75, 3.05) is 31.4 Å². The number of nitrogens with zero attached hydrogens (tertiary/aromatic N) is 1. The minimum atomic E-state index is -4.10. The van der Waals surface area contributed by atoms with Crippen LogP contribution in [0.4, 0.5) is 11.4 Å². The number of anilines is 2. The van der Waals surface area contributed by atoms with Crippen LogP contribution in [0.5, 0.6) is 17.2 Å². The predicted octanol–water partition coefficient (Wildman–Crippen LogP) is 2.49. The molecule has 11 heteroatoms. The van der Waals surface area contributed by atoms with E-state index >= 15 is 0 Å². The highest BCUT2D eigenvalue weighted by atomic mass is 32.2. The molecule has 0 spiro atoms. The van der Waals surface area contributed by atoms with Gasteiger partial charge in [0, 0.05) is 29.6 Å². The maximum Gasteiger partial charge on any atom is 0.279 e. The molecule has 0 fully saturated rings. The third-order valence-corrected chi connectivity index (χ3v) is 5.42. The van der Waals surface area contributed by atoms with Crippen LogP contribution in [0, 0.1) is 0 Å². The van der Waals surface area contributed by atoms with E-state index in [1.54, 1.807) is 30.3 Å². The number of benzene rings is 2. The van der Waals surface area contributed by atoms with Gasteiger partial charge in [-0.15, -0.1) is 0 Å². The number of H-pyrrole nitrogens is 1. The summed E-state index contributed by atoms with van der Waals surface area (Å²) in [5.41, 5.74) is 0.510. The lowest BCUT2D eigenvalue weighted by molar-refractivity contribution is 0.102. The molecule has 1 heterocycles. The molecule has 0 unspecified atom stereocenters. The maximum atomic E-state index is 12.8. The number of sulfonamides is 1. The Balaban J connectivity index is 1.84. The van der Waals surface area contributed by atoms with Crippen molar-refractivity contribution in [2.45, 2.75) is 5.03 Å². The van der Waals surface area contributed by atoms with Gasteiger partial charge >= 0.3 is 0 Å². The van der Waals surface area contributed by atoms with E-state index in [-0.39, 0.29) is 10.6 Å². The van der Waals surface area contributed by atoms with Crippen LogP contribution >= 0.6 is 0 Å². The first kappa shape index (κ1) is 21.0. The Morgan fingerprint density at radius 1 is 0.900 bits per heavy atom. The first-order valence-electron chi connectivity index (χ1n) is 8.61. The van der Waals surface area contributed by atoms with Gasteiger partial charge in [-0.3, -0.25) is 14.6 Å². The number of carbonyl (C=O) groups excluding carboxylic acids is 1. The molecule has 0 radical (unpaired) electrons. The highest BCUT2D eigenvalue weighted by Gasteiger charge is 2.25. The lowest BCUT2D eigenvalue weighted by Gasteiger charge is -2.11. The second-order valence-corrected chi connectivity index (χ2v) is 7.62. The molecule has 3 rings (SSSR count). The van der Waals surface area contributed by atoms with Gasteiger partial charge in [-0.05, 0) is 24.3 Å². The fourth-order valence-electron chi connectivity index (χ4n) is 2.58. The van der Waals surface area contributed by atoms with E-state index in [2.05, 4.69) is 20.2 Å². The number of rotatable bonds is 8. The van der Waals surface area contributed by atoms with Crippen molar-refractivity contribution in [3.63, 3.8) is 0 Å². The van der Waals surface area contributed by atoms with Crippen molar-refractivity contribution in [2.24, 2.45) is 0 Å². The summed E-state index contributed by atoms with van der Waals surface area (Å²) in [5, 5.41) is 8.33. The Hall–Kier alpha value is -3.73. The molecule has 3 aromatic rings. The van der Waals surface area contributed by atoms with Crippen LogP contribution in [0.15, 0.2) is 53.7 Å². The molecule has 1 aromatic heterocycles.